The number of ether oxygens (including phenoxy) is 1. The predicted octanol–water partition coefficient (Wildman–Crippen LogP) is 3.34. The summed E-state index contributed by atoms with van der Waals surface area (Å²) in [6, 6.07) is 0. The van der Waals surface area contributed by atoms with Crippen LogP contribution in [0.4, 0.5) is 5.13 Å². The summed E-state index contributed by atoms with van der Waals surface area (Å²) in [4.78, 5) is 17.7. The fourth-order valence-electron chi connectivity index (χ4n) is 2.35. The summed E-state index contributed by atoms with van der Waals surface area (Å²) in [6.07, 6.45) is 5.43. The van der Waals surface area contributed by atoms with Crippen molar-refractivity contribution >= 4 is 22.4 Å². The summed E-state index contributed by atoms with van der Waals surface area (Å²) in [5.41, 5.74) is 0.946. The number of nitrogens with zero attached hydrogens (tertiary/aromatic N) is 1. The van der Waals surface area contributed by atoms with E-state index in [0.29, 0.717) is 6.61 Å². The molecule has 0 amide bonds. The van der Waals surface area contributed by atoms with Crippen molar-refractivity contribution < 1.29 is 9.53 Å². The van der Waals surface area contributed by atoms with Crippen LogP contribution in [-0.2, 0) is 16.0 Å². The number of hydrogen-bond donors (Lipinski definition) is 1. The van der Waals surface area contributed by atoms with Crippen LogP contribution in [0.2, 0.25) is 0 Å². The lowest BCUT2D eigenvalue weighted by Crippen LogP contribution is -2.14. The Labute approximate surface area is 118 Å². The molecule has 0 aromatic carbocycles. The van der Waals surface area contributed by atoms with Gasteiger partial charge in [-0.05, 0) is 26.2 Å². The molecule has 4 nitrogen and oxygen atoms in total. The molecule has 0 radical (unpaired) electrons. The van der Waals surface area contributed by atoms with Crippen LogP contribution in [0.1, 0.15) is 56.0 Å². The quantitative estimate of drug-likeness (QED) is 0.615. The zero-order chi connectivity index (χ0) is 13.7. The van der Waals surface area contributed by atoms with Crippen molar-refractivity contribution in [2.24, 2.45) is 0 Å². The number of fused-ring (bicyclic) bond motifs is 1. The van der Waals surface area contributed by atoms with E-state index < -0.39 is 0 Å². The molecule has 1 aromatic rings. The second-order valence-electron chi connectivity index (χ2n) is 4.80. The van der Waals surface area contributed by atoms with Gasteiger partial charge in [0.15, 0.2) is 5.13 Å². The fraction of sp³-hybridized carbons (Fsp3) is 0.714. The normalized spacial score (nSPS) is 17.3. The van der Waals surface area contributed by atoms with Gasteiger partial charge in [-0.1, -0.05) is 19.8 Å². The van der Waals surface area contributed by atoms with E-state index >= 15 is 0 Å². The number of anilines is 1. The molecule has 0 saturated heterocycles. The maximum absolute atomic E-state index is 11.8. The van der Waals surface area contributed by atoms with Gasteiger partial charge in [0.25, 0.3) is 0 Å². The Morgan fingerprint density at radius 1 is 1.47 bits per heavy atom. The number of hydrogen-bond acceptors (Lipinski definition) is 5. The average molecular weight is 282 g/mol. The second kappa shape index (κ2) is 6.89. The molecular formula is C14H22N2O2S. The standard InChI is InChI=1S/C14H22N2O2S/c1-3-5-6-9-15-14-16-12-10(13(17)18-4-2)7-8-11(12)19-14/h10H,3-9H2,1-2H3,(H,15,16). The molecule has 1 heterocycles. The summed E-state index contributed by atoms with van der Waals surface area (Å²) in [7, 11) is 0. The number of aryl methyl sites for hydroxylation is 1. The molecule has 0 saturated carbocycles. The number of thiazole rings is 1. The highest BCUT2D eigenvalue weighted by molar-refractivity contribution is 7.15. The molecule has 0 aliphatic heterocycles. The highest BCUT2D eigenvalue weighted by Gasteiger charge is 2.33. The molecule has 2 rings (SSSR count). The maximum Gasteiger partial charge on any atom is 0.315 e. The molecule has 0 fully saturated rings. The van der Waals surface area contributed by atoms with E-state index in [0.717, 1.165) is 30.2 Å². The summed E-state index contributed by atoms with van der Waals surface area (Å²) in [5, 5.41) is 4.31. The first-order chi connectivity index (χ1) is 9.26. The third-order valence-corrected chi connectivity index (χ3v) is 4.43. The molecule has 1 atom stereocenters. The van der Waals surface area contributed by atoms with Gasteiger partial charge in [-0.15, -0.1) is 11.3 Å². The molecule has 0 bridgehead atoms. The van der Waals surface area contributed by atoms with Crippen molar-refractivity contribution in [2.45, 2.75) is 51.9 Å². The minimum Gasteiger partial charge on any atom is -0.465 e. The molecule has 0 spiro atoms. The van der Waals surface area contributed by atoms with Gasteiger partial charge in [0.05, 0.1) is 12.3 Å². The van der Waals surface area contributed by atoms with Gasteiger partial charge >= 0.3 is 5.97 Å². The van der Waals surface area contributed by atoms with Crippen molar-refractivity contribution in [3.05, 3.63) is 10.6 Å². The lowest BCUT2D eigenvalue weighted by Gasteiger charge is -2.08. The number of esters is 1. The third-order valence-electron chi connectivity index (χ3n) is 3.35. The van der Waals surface area contributed by atoms with Gasteiger partial charge < -0.3 is 10.1 Å². The van der Waals surface area contributed by atoms with Gasteiger partial charge in [-0.3, -0.25) is 4.79 Å². The third kappa shape index (κ3) is 3.47. The number of nitrogens with one attached hydrogen (secondary N) is 1. The largest absolute Gasteiger partial charge is 0.465 e. The first-order valence-electron chi connectivity index (χ1n) is 7.16. The van der Waals surface area contributed by atoms with E-state index in [2.05, 4.69) is 17.2 Å². The smallest absolute Gasteiger partial charge is 0.315 e. The highest BCUT2D eigenvalue weighted by atomic mass is 32.1. The molecule has 1 aliphatic carbocycles. The van der Waals surface area contributed by atoms with Crippen LogP contribution in [0.3, 0.4) is 0 Å². The van der Waals surface area contributed by atoms with Crippen LogP contribution in [0.25, 0.3) is 0 Å². The van der Waals surface area contributed by atoms with Crippen LogP contribution in [0, 0.1) is 0 Å². The van der Waals surface area contributed by atoms with Gasteiger partial charge in [0.1, 0.15) is 5.92 Å². The second-order valence-corrected chi connectivity index (χ2v) is 5.89. The van der Waals surface area contributed by atoms with Crippen molar-refractivity contribution in [1.29, 1.82) is 0 Å². The Kier molecular flexibility index (Phi) is 5.19. The minimum atomic E-state index is -0.141. The van der Waals surface area contributed by atoms with Crippen LogP contribution in [-0.4, -0.2) is 24.1 Å². The Hall–Kier alpha value is -1.10. The Bertz CT molecular complexity index is 431. The minimum absolute atomic E-state index is 0.121. The van der Waals surface area contributed by atoms with E-state index in [4.69, 9.17) is 4.74 Å². The van der Waals surface area contributed by atoms with Crippen LogP contribution >= 0.6 is 11.3 Å². The Morgan fingerprint density at radius 3 is 3.05 bits per heavy atom. The van der Waals surface area contributed by atoms with Gasteiger partial charge in [-0.2, -0.15) is 0 Å². The molecular weight excluding hydrogens is 260 g/mol. The Morgan fingerprint density at radius 2 is 2.32 bits per heavy atom. The molecule has 1 N–H and O–H groups in total. The van der Waals surface area contributed by atoms with Crippen LogP contribution < -0.4 is 5.32 Å². The molecule has 19 heavy (non-hydrogen) atoms. The molecule has 1 aliphatic rings. The van der Waals surface area contributed by atoms with Crippen molar-refractivity contribution in [3.8, 4) is 0 Å². The first-order valence-corrected chi connectivity index (χ1v) is 7.98. The summed E-state index contributed by atoms with van der Waals surface area (Å²) < 4.78 is 5.11. The monoisotopic (exact) mass is 282 g/mol. The summed E-state index contributed by atoms with van der Waals surface area (Å²) >= 11 is 1.69. The lowest BCUT2D eigenvalue weighted by atomic mass is 10.1. The van der Waals surface area contributed by atoms with Gasteiger partial charge in [0, 0.05) is 11.4 Å². The van der Waals surface area contributed by atoms with Crippen molar-refractivity contribution in [2.75, 3.05) is 18.5 Å². The summed E-state index contributed by atoms with van der Waals surface area (Å²) in [6.45, 7) is 5.44. The molecule has 5 heteroatoms. The number of carbonyl (C=O) groups is 1. The fourth-order valence-corrected chi connectivity index (χ4v) is 3.41. The molecule has 1 unspecified atom stereocenters. The predicted molar refractivity (Wildman–Crippen MR) is 77.8 cm³/mol. The number of rotatable bonds is 7. The SMILES string of the molecule is CCCCCNc1nc2c(s1)CCC2C(=O)OCC. The molecule has 1 aromatic heterocycles. The Balaban J connectivity index is 1.93. The van der Waals surface area contributed by atoms with Crippen LogP contribution in [0.5, 0.6) is 0 Å². The zero-order valence-corrected chi connectivity index (χ0v) is 12.5. The number of unbranched alkanes of at least 4 members (excludes halogenated alkanes) is 2. The van der Waals surface area contributed by atoms with E-state index in [9.17, 15) is 4.79 Å². The highest BCUT2D eigenvalue weighted by Crippen LogP contribution is 2.38. The van der Waals surface area contributed by atoms with Crippen molar-refractivity contribution in [3.63, 3.8) is 0 Å². The summed E-state index contributed by atoms with van der Waals surface area (Å²) in [5.74, 6) is -0.263. The molecule has 106 valence electrons. The van der Waals surface area contributed by atoms with E-state index in [1.54, 1.807) is 11.3 Å². The van der Waals surface area contributed by atoms with Crippen molar-refractivity contribution in [1.82, 2.24) is 4.98 Å². The van der Waals surface area contributed by atoms with E-state index in [-0.39, 0.29) is 11.9 Å². The number of aromatic nitrogens is 1. The van der Waals surface area contributed by atoms with Gasteiger partial charge in [-0.25, -0.2) is 4.98 Å². The lowest BCUT2D eigenvalue weighted by molar-refractivity contribution is -0.145. The first kappa shape index (κ1) is 14.3. The average Bonchev–Trinajstić information content (AvgIpc) is 2.94. The van der Waals surface area contributed by atoms with Gasteiger partial charge in [0.2, 0.25) is 0 Å². The van der Waals surface area contributed by atoms with E-state index in [1.807, 2.05) is 6.92 Å². The number of carbonyl (C=O) groups excluding carboxylic acids is 1. The zero-order valence-electron chi connectivity index (χ0n) is 11.7. The maximum atomic E-state index is 11.8. The topological polar surface area (TPSA) is 51.2 Å². The van der Waals surface area contributed by atoms with Crippen LogP contribution in [0.15, 0.2) is 0 Å². The van der Waals surface area contributed by atoms with E-state index in [1.165, 1.54) is 24.1 Å².